The average Bonchev–Trinajstić information content (AvgIpc) is 2.87. The molecule has 0 spiro atoms. The van der Waals surface area contributed by atoms with E-state index in [0.29, 0.717) is 10.2 Å². The molecular weight excluding hydrogens is 340 g/mol. The molecule has 6 nitrogen and oxygen atoms in total. The normalized spacial score (nSPS) is 11.1. The van der Waals surface area contributed by atoms with Crippen LogP contribution in [0.4, 0.5) is 0 Å². The highest BCUT2D eigenvalue weighted by Crippen LogP contribution is 2.35. The number of hydrogen-bond acceptors (Lipinski definition) is 4. The van der Waals surface area contributed by atoms with Gasteiger partial charge in [-0.25, -0.2) is 4.79 Å². The van der Waals surface area contributed by atoms with Crippen LogP contribution in [-0.4, -0.2) is 20.6 Å². The van der Waals surface area contributed by atoms with Crippen molar-refractivity contribution in [2.24, 2.45) is 0 Å². The van der Waals surface area contributed by atoms with Crippen LogP contribution >= 0.6 is 11.3 Å². The smallest absolute Gasteiger partial charge is 0.329 e. The molecule has 25 heavy (non-hydrogen) atoms. The predicted octanol–water partition coefficient (Wildman–Crippen LogP) is 2.90. The van der Waals surface area contributed by atoms with Crippen LogP contribution in [0.5, 0.6) is 0 Å². The Hall–Kier alpha value is -2.67. The number of carboxylic acid groups (broad SMARTS) is 1. The minimum atomic E-state index is -0.947. The molecule has 0 saturated carbocycles. The third-order valence-electron chi connectivity index (χ3n) is 4.12. The van der Waals surface area contributed by atoms with Crippen molar-refractivity contribution >= 4 is 27.5 Å². The lowest BCUT2D eigenvalue weighted by Gasteiger charge is -2.06. The Morgan fingerprint density at radius 1 is 1.20 bits per heavy atom. The Labute approximate surface area is 147 Å². The first kappa shape index (κ1) is 17.2. The first-order valence-corrected chi connectivity index (χ1v) is 8.75. The standard InChI is InChI=1S/C18H18N2O4S/c1-10-5-7-12(8-6-10)14-11(2)25-16-15(14)17(23)20(18(24)19-16)9-3-4-13(21)22/h5-8H,3-4,9H2,1-2H3,(H,19,24)(H,21,22). The number of nitrogens with zero attached hydrogens (tertiary/aromatic N) is 1. The highest BCUT2D eigenvalue weighted by atomic mass is 32.1. The molecule has 0 aliphatic carbocycles. The van der Waals surface area contributed by atoms with Gasteiger partial charge >= 0.3 is 11.7 Å². The molecule has 3 rings (SSSR count). The first-order chi connectivity index (χ1) is 11.9. The summed E-state index contributed by atoms with van der Waals surface area (Å²) in [5, 5.41) is 9.24. The summed E-state index contributed by atoms with van der Waals surface area (Å²) in [7, 11) is 0. The van der Waals surface area contributed by atoms with Gasteiger partial charge in [0.05, 0.1) is 5.39 Å². The molecule has 0 fully saturated rings. The number of aliphatic carboxylic acids is 1. The number of hydrogen-bond donors (Lipinski definition) is 2. The topological polar surface area (TPSA) is 92.2 Å². The van der Waals surface area contributed by atoms with Crippen LogP contribution in [0.15, 0.2) is 33.9 Å². The molecule has 0 unspecified atom stereocenters. The summed E-state index contributed by atoms with van der Waals surface area (Å²) in [4.78, 5) is 40.0. The highest BCUT2D eigenvalue weighted by molar-refractivity contribution is 7.19. The summed E-state index contributed by atoms with van der Waals surface area (Å²) in [6.07, 6.45) is 0.143. The van der Waals surface area contributed by atoms with Crippen molar-refractivity contribution < 1.29 is 9.90 Å². The Balaban J connectivity index is 2.17. The number of benzene rings is 1. The molecule has 0 atom stereocenters. The van der Waals surface area contributed by atoms with Gasteiger partial charge in [-0.1, -0.05) is 29.8 Å². The molecule has 7 heteroatoms. The lowest BCUT2D eigenvalue weighted by molar-refractivity contribution is -0.137. The monoisotopic (exact) mass is 358 g/mol. The molecule has 2 aromatic heterocycles. The SMILES string of the molecule is Cc1ccc(-c2c(C)sc3[nH]c(=O)n(CCCC(=O)O)c(=O)c23)cc1. The molecular formula is C18H18N2O4S. The van der Waals surface area contributed by atoms with E-state index in [2.05, 4.69) is 4.98 Å². The van der Waals surface area contributed by atoms with Crippen LogP contribution in [-0.2, 0) is 11.3 Å². The number of aryl methyl sites for hydroxylation is 2. The van der Waals surface area contributed by atoms with E-state index in [0.717, 1.165) is 26.1 Å². The molecule has 2 heterocycles. The molecule has 0 aliphatic rings. The van der Waals surface area contributed by atoms with Gasteiger partial charge in [0.2, 0.25) is 0 Å². The third kappa shape index (κ3) is 3.28. The quantitative estimate of drug-likeness (QED) is 0.733. The number of thiophene rings is 1. The van der Waals surface area contributed by atoms with E-state index < -0.39 is 11.7 Å². The second-order valence-electron chi connectivity index (χ2n) is 5.99. The maximum atomic E-state index is 12.9. The van der Waals surface area contributed by atoms with Crippen molar-refractivity contribution in [1.29, 1.82) is 0 Å². The van der Waals surface area contributed by atoms with E-state index in [9.17, 15) is 14.4 Å². The fourth-order valence-electron chi connectivity index (χ4n) is 2.89. The summed E-state index contributed by atoms with van der Waals surface area (Å²) in [6.45, 7) is 4.00. The van der Waals surface area contributed by atoms with Gasteiger partial charge in [-0.15, -0.1) is 11.3 Å². The second kappa shape index (κ2) is 6.68. The lowest BCUT2D eigenvalue weighted by Crippen LogP contribution is -2.35. The van der Waals surface area contributed by atoms with Crippen LogP contribution in [0.3, 0.4) is 0 Å². The van der Waals surface area contributed by atoms with E-state index in [4.69, 9.17) is 5.11 Å². The van der Waals surface area contributed by atoms with Crippen LogP contribution in [0.2, 0.25) is 0 Å². The highest BCUT2D eigenvalue weighted by Gasteiger charge is 2.18. The number of fused-ring (bicyclic) bond motifs is 1. The van der Waals surface area contributed by atoms with Crippen molar-refractivity contribution in [3.05, 3.63) is 55.5 Å². The lowest BCUT2D eigenvalue weighted by atomic mass is 10.0. The Bertz CT molecular complexity index is 1060. The van der Waals surface area contributed by atoms with Crippen molar-refractivity contribution in [3.8, 4) is 11.1 Å². The van der Waals surface area contributed by atoms with E-state index in [1.807, 2.05) is 38.1 Å². The van der Waals surface area contributed by atoms with Gasteiger partial charge in [-0.3, -0.25) is 19.1 Å². The summed E-state index contributed by atoms with van der Waals surface area (Å²) in [5.74, 6) is -0.947. The summed E-state index contributed by atoms with van der Waals surface area (Å²) in [6, 6.07) is 7.89. The molecule has 130 valence electrons. The molecule has 0 aliphatic heterocycles. The van der Waals surface area contributed by atoms with Crippen molar-refractivity contribution in [2.75, 3.05) is 0 Å². The number of H-pyrrole nitrogens is 1. The Kier molecular flexibility index (Phi) is 4.59. The van der Waals surface area contributed by atoms with Crippen LogP contribution < -0.4 is 11.2 Å². The number of aromatic nitrogens is 2. The van der Waals surface area contributed by atoms with Gasteiger partial charge in [-0.2, -0.15) is 0 Å². The summed E-state index contributed by atoms with van der Waals surface area (Å²) in [5.41, 5.74) is 2.01. The van der Waals surface area contributed by atoms with Crippen molar-refractivity contribution in [3.63, 3.8) is 0 Å². The van der Waals surface area contributed by atoms with Crippen molar-refractivity contribution in [2.45, 2.75) is 33.2 Å². The average molecular weight is 358 g/mol. The zero-order valence-electron chi connectivity index (χ0n) is 14.0. The maximum Gasteiger partial charge on any atom is 0.329 e. The zero-order chi connectivity index (χ0) is 18.1. The van der Waals surface area contributed by atoms with E-state index in [-0.39, 0.29) is 24.9 Å². The predicted molar refractivity (Wildman–Crippen MR) is 98.5 cm³/mol. The van der Waals surface area contributed by atoms with Crippen molar-refractivity contribution in [1.82, 2.24) is 9.55 Å². The minimum Gasteiger partial charge on any atom is -0.481 e. The molecule has 0 amide bonds. The fourth-order valence-corrected chi connectivity index (χ4v) is 3.95. The fraction of sp³-hybridized carbons (Fsp3) is 0.278. The van der Waals surface area contributed by atoms with Gasteiger partial charge in [0.25, 0.3) is 5.56 Å². The summed E-state index contributed by atoms with van der Waals surface area (Å²) < 4.78 is 1.09. The number of carbonyl (C=O) groups is 1. The minimum absolute atomic E-state index is 0.0820. The molecule has 0 bridgehead atoms. The Morgan fingerprint density at radius 2 is 1.88 bits per heavy atom. The molecule has 0 saturated heterocycles. The number of aromatic amines is 1. The number of rotatable bonds is 5. The largest absolute Gasteiger partial charge is 0.481 e. The second-order valence-corrected chi connectivity index (χ2v) is 7.21. The molecule has 1 aromatic carbocycles. The van der Waals surface area contributed by atoms with E-state index in [1.165, 1.54) is 11.3 Å². The number of carboxylic acids is 1. The van der Waals surface area contributed by atoms with Gasteiger partial charge in [0.15, 0.2) is 0 Å². The first-order valence-electron chi connectivity index (χ1n) is 7.93. The van der Waals surface area contributed by atoms with Crippen LogP contribution in [0.1, 0.15) is 23.3 Å². The zero-order valence-corrected chi connectivity index (χ0v) is 14.8. The van der Waals surface area contributed by atoms with E-state index >= 15 is 0 Å². The molecule has 2 N–H and O–H groups in total. The summed E-state index contributed by atoms with van der Waals surface area (Å²) >= 11 is 1.38. The van der Waals surface area contributed by atoms with Crippen LogP contribution in [0, 0.1) is 13.8 Å². The van der Waals surface area contributed by atoms with E-state index in [1.54, 1.807) is 0 Å². The van der Waals surface area contributed by atoms with Gasteiger partial charge in [-0.05, 0) is 25.8 Å². The van der Waals surface area contributed by atoms with Gasteiger partial charge in [0.1, 0.15) is 4.83 Å². The Morgan fingerprint density at radius 3 is 2.52 bits per heavy atom. The molecule has 3 aromatic rings. The molecule has 0 radical (unpaired) electrons. The van der Waals surface area contributed by atoms with Crippen LogP contribution in [0.25, 0.3) is 21.3 Å². The maximum absolute atomic E-state index is 12.9. The van der Waals surface area contributed by atoms with Gasteiger partial charge < -0.3 is 5.11 Å². The van der Waals surface area contributed by atoms with Gasteiger partial charge in [0, 0.05) is 23.4 Å². The third-order valence-corrected chi connectivity index (χ3v) is 5.14. The number of nitrogens with one attached hydrogen (secondary N) is 1.